The number of nitrogens with two attached hydrogens (primary N) is 1. The molecule has 2 aromatic rings. The minimum Gasteiger partial charge on any atom is -0.446 e. The molecule has 0 aliphatic carbocycles. The van der Waals surface area contributed by atoms with Crippen molar-refractivity contribution >= 4 is 11.1 Å². The Labute approximate surface area is 63.8 Å². The summed E-state index contributed by atoms with van der Waals surface area (Å²) < 4.78 is 5.09. The first-order valence-corrected chi connectivity index (χ1v) is 3.43. The largest absolute Gasteiger partial charge is 0.446 e. The third-order valence-electron chi connectivity index (χ3n) is 1.68. The van der Waals surface area contributed by atoms with Gasteiger partial charge in [0.25, 0.3) is 0 Å². The maximum absolute atomic E-state index is 5.51. The van der Waals surface area contributed by atoms with Crippen LogP contribution in [0.25, 0.3) is 11.1 Å². The molecule has 0 saturated carbocycles. The van der Waals surface area contributed by atoms with Gasteiger partial charge < -0.3 is 10.2 Å². The van der Waals surface area contributed by atoms with E-state index in [9.17, 15) is 0 Å². The number of pyridine rings is 1. The smallest absolute Gasteiger partial charge is 0.226 e. The standard InChI is InChI=1S/C8H8N2O/c9-5-6-1-3-10-8-7(6)2-4-11-8/h1-4H,5,9H2. The van der Waals surface area contributed by atoms with E-state index >= 15 is 0 Å². The fourth-order valence-corrected chi connectivity index (χ4v) is 1.11. The summed E-state index contributed by atoms with van der Waals surface area (Å²) >= 11 is 0. The van der Waals surface area contributed by atoms with E-state index in [1.807, 2.05) is 12.1 Å². The highest BCUT2D eigenvalue weighted by molar-refractivity contribution is 5.76. The lowest BCUT2D eigenvalue weighted by Crippen LogP contribution is -1.96. The van der Waals surface area contributed by atoms with E-state index in [0.29, 0.717) is 12.3 Å². The highest BCUT2D eigenvalue weighted by Crippen LogP contribution is 2.16. The van der Waals surface area contributed by atoms with Crippen LogP contribution >= 0.6 is 0 Å². The third kappa shape index (κ3) is 0.897. The second-order valence-electron chi connectivity index (χ2n) is 2.31. The molecule has 0 bridgehead atoms. The molecule has 0 fully saturated rings. The fraction of sp³-hybridized carbons (Fsp3) is 0.125. The topological polar surface area (TPSA) is 52.0 Å². The monoisotopic (exact) mass is 148 g/mol. The van der Waals surface area contributed by atoms with Crippen LogP contribution < -0.4 is 5.73 Å². The van der Waals surface area contributed by atoms with E-state index < -0.39 is 0 Å². The van der Waals surface area contributed by atoms with Gasteiger partial charge in [-0.25, -0.2) is 4.98 Å². The van der Waals surface area contributed by atoms with Crippen molar-refractivity contribution in [1.29, 1.82) is 0 Å². The predicted octanol–water partition coefficient (Wildman–Crippen LogP) is 1.29. The Morgan fingerprint density at radius 2 is 2.36 bits per heavy atom. The molecule has 0 aliphatic rings. The van der Waals surface area contributed by atoms with Crippen LogP contribution in [0.4, 0.5) is 0 Å². The predicted molar refractivity (Wildman–Crippen MR) is 41.9 cm³/mol. The van der Waals surface area contributed by atoms with Crippen LogP contribution in [0.15, 0.2) is 29.0 Å². The number of hydrogen-bond donors (Lipinski definition) is 1. The summed E-state index contributed by atoms with van der Waals surface area (Å²) in [6.45, 7) is 0.526. The van der Waals surface area contributed by atoms with E-state index in [2.05, 4.69) is 4.98 Å². The van der Waals surface area contributed by atoms with E-state index in [1.165, 1.54) is 0 Å². The van der Waals surface area contributed by atoms with Crippen molar-refractivity contribution in [3.63, 3.8) is 0 Å². The first kappa shape index (κ1) is 6.37. The zero-order valence-corrected chi connectivity index (χ0v) is 5.95. The first-order valence-electron chi connectivity index (χ1n) is 3.43. The van der Waals surface area contributed by atoms with Crippen LogP contribution in [0.1, 0.15) is 5.56 Å². The zero-order valence-electron chi connectivity index (χ0n) is 5.95. The van der Waals surface area contributed by atoms with Gasteiger partial charge in [-0.05, 0) is 17.7 Å². The summed E-state index contributed by atoms with van der Waals surface area (Å²) in [6.07, 6.45) is 3.32. The fourth-order valence-electron chi connectivity index (χ4n) is 1.11. The molecule has 2 rings (SSSR count). The lowest BCUT2D eigenvalue weighted by atomic mass is 10.2. The lowest BCUT2D eigenvalue weighted by molar-refractivity contribution is 0.603. The van der Waals surface area contributed by atoms with Crippen LogP contribution in [0.3, 0.4) is 0 Å². The number of rotatable bonds is 1. The van der Waals surface area contributed by atoms with E-state index in [0.717, 1.165) is 10.9 Å². The Bertz CT molecular complexity index is 367. The Hall–Kier alpha value is -1.35. The molecule has 0 atom stereocenters. The maximum Gasteiger partial charge on any atom is 0.226 e. The van der Waals surface area contributed by atoms with Crippen molar-refractivity contribution in [2.24, 2.45) is 5.73 Å². The van der Waals surface area contributed by atoms with Crippen molar-refractivity contribution in [2.75, 3.05) is 0 Å². The van der Waals surface area contributed by atoms with Crippen LogP contribution in [0.2, 0.25) is 0 Å². The molecule has 56 valence electrons. The normalized spacial score (nSPS) is 10.6. The van der Waals surface area contributed by atoms with Gasteiger partial charge in [0.1, 0.15) is 0 Å². The molecule has 0 amide bonds. The Morgan fingerprint density at radius 1 is 1.45 bits per heavy atom. The van der Waals surface area contributed by atoms with Crippen molar-refractivity contribution in [1.82, 2.24) is 4.98 Å². The summed E-state index contributed by atoms with van der Waals surface area (Å²) in [5.41, 5.74) is 7.24. The third-order valence-corrected chi connectivity index (χ3v) is 1.68. The van der Waals surface area contributed by atoms with Gasteiger partial charge in [-0.15, -0.1) is 0 Å². The number of hydrogen-bond acceptors (Lipinski definition) is 3. The summed E-state index contributed by atoms with van der Waals surface area (Å²) in [5, 5.41) is 1.01. The van der Waals surface area contributed by atoms with Gasteiger partial charge in [0.05, 0.1) is 6.26 Å². The molecule has 0 radical (unpaired) electrons. The Morgan fingerprint density at radius 3 is 3.18 bits per heavy atom. The van der Waals surface area contributed by atoms with E-state index in [1.54, 1.807) is 12.5 Å². The highest BCUT2D eigenvalue weighted by Gasteiger charge is 2.00. The zero-order chi connectivity index (χ0) is 7.68. The van der Waals surface area contributed by atoms with Gasteiger partial charge in [0.15, 0.2) is 0 Å². The summed E-state index contributed by atoms with van der Waals surface area (Å²) in [5.74, 6) is 0. The molecule has 0 saturated heterocycles. The minimum absolute atomic E-state index is 0.526. The molecule has 0 spiro atoms. The molecule has 3 nitrogen and oxygen atoms in total. The molecule has 2 heterocycles. The van der Waals surface area contributed by atoms with Gasteiger partial charge in [-0.2, -0.15) is 0 Å². The Balaban J connectivity index is 2.79. The summed E-state index contributed by atoms with van der Waals surface area (Å²) in [7, 11) is 0. The molecule has 2 N–H and O–H groups in total. The van der Waals surface area contributed by atoms with Gasteiger partial charge in [-0.3, -0.25) is 0 Å². The number of furan rings is 1. The number of nitrogens with zero attached hydrogens (tertiary/aromatic N) is 1. The number of aromatic nitrogens is 1. The molecule has 2 aromatic heterocycles. The van der Waals surface area contributed by atoms with Crippen LogP contribution in [0, 0.1) is 0 Å². The molecule has 0 unspecified atom stereocenters. The van der Waals surface area contributed by atoms with Crippen molar-refractivity contribution in [3.05, 3.63) is 30.2 Å². The average molecular weight is 148 g/mol. The van der Waals surface area contributed by atoms with Crippen molar-refractivity contribution in [2.45, 2.75) is 6.54 Å². The minimum atomic E-state index is 0.526. The summed E-state index contributed by atoms with van der Waals surface area (Å²) in [6, 6.07) is 3.78. The maximum atomic E-state index is 5.51. The molecular weight excluding hydrogens is 140 g/mol. The molecule has 11 heavy (non-hydrogen) atoms. The highest BCUT2D eigenvalue weighted by atomic mass is 16.3. The SMILES string of the molecule is NCc1ccnc2occc12. The van der Waals surface area contributed by atoms with Gasteiger partial charge >= 0.3 is 0 Å². The second kappa shape index (κ2) is 2.36. The number of fused-ring (bicyclic) bond motifs is 1. The Kier molecular flexibility index (Phi) is 1.36. The summed E-state index contributed by atoms with van der Waals surface area (Å²) in [4.78, 5) is 4.03. The second-order valence-corrected chi connectivity index (χ2v) is 2.31. The average Bonchev–Trinajstić information content (AvgIpc) is 2.50. The molecule has 3 heteroatoms. The van der Waals surface area contributed by atoms with Gasteiger partial charge in [0.2, 0.25) is 5.71 Å². The molecule has 0 aromatic carbocycles. The van der Waals surface area contributed by atoms with Crippen LogP contribution in [0.5, 0.6) is 0 Å². The van der Waals surface area contributed by atoms with Crippen molar-refractivity contribution in [3.8, 4) is 0 Å². The van der Waals surface area contributed by atoms with E-state index in [4.69, 9.17) is 10.2 Å². The van der Waals surface area contributed by atoms with Crippen LogP contribution in [-0.4, -0.2) is 4.98 Å². The lowest BCUT2D eigenvalue weighted by Gasteiger charge is -1.94. The first-order chi connectivity index (χ1) is 5.42. The quantitative estimate of drug-likeness (QED) is 0.662. The van der Waals surface area contributed by atoms with Gasteiger partial charge in [0, 0.05) is 18.1 Å². The van der Waals surface area contributed by atoms with E-state index in [-0.39, 0.29) is 0 Å². The molecular formula is C8H8N2O. The van der Waals surface area contributed by atoms with Crippen molar-refractivity contribution < 1.29 is 4.42 Å². The molecule has 0 aliphatic heterocycles. The van der Waals surface area contributed by atoms with Gasteiger partial charge in [-0.1, -0.05) is 0 Å². The van der Waals surface area contributed by atoms with Crippen LogP contribution in [-0.2, 0) is 6.54 Å².